The van der Waals surface area contributed by atoms with E-state index in [0.29, 0.717) is 22.7 Å². The number of amides is 2. The lowest BCUT2D eigenvalue weighted by molar-refractivity contribution is -0.131. The van der Waals surface area contributed by atoms with Crippen LogP contribution in [0.5, 0.6) is 11.5 Å². The van der Waals surface area contributed by atoms with Gasteiger partial charge in [0.2, 0.25) is 0 Å². The number of carbonyl (C=O) groups is 3. The average molecular weight is 404 g/mol. The Morgan fingerprint density at radius 2 is 1.40 bits per heavy atom. The molecule has 0 atom stereocenters. The van der Waals surface area contributed by atoms with E-state index in [4.69, 9.17) is 9.47 Å². The van der Waals surface area contributed by atoms with Crippen molar-refractivity contribution in [3.8, 4) is 11.5 Å². The highest BCUT2D eigenvalue weighted by atomic mass is 16.5. The van der Waals surface area contributed by atoms with Gasteiger partial charge < -0.3 is 20.1 Å². The van der Waals surface area contributed by atoms with Crippen molar-refractivity contribution in [2.45, 2.75) is 6.92 Å². The van der Waals surface area contributed by atoms with Crippen molar-refractivity contribution in [1.82, 2.24) is 0 Å². The molecule has 0 aromatic heterocycles. The highest BCUT2D eigenvalue weighted by molar-refractivity contribution is 6.07. The molecule has 2 N–H and O–H groups in total. The molecule has 152 valence electrons. The SMILES string of the molecule is CC(=O)Oc1cccc(C(=O)Nc2ccccc2NC(=O)COc2ccccc2)c1. The zero-order valence-corrected chi connectivity index (χ0v) is 16.3. The molecule has 0 aliphatic heterocycles. The third-order valence-corrected chi connectivity index (χ3v) is 3.92. The normalized spacial score (nSPS) is 10.0. The summed E-state index contributed by atoms with van der Waals surface area (Å²) < 4.78 is 10.4. The summed E-state index contributed by atoms with van der Waals surface area (Å²) in [6, 6.07) is 22.1. The van der Waals surface area contributed by atoms with E-state index < -0.39 is 11.9 Å². The lowest BCUT2D eigenvalue weighted by atomic mass is 10.2. The molecule has 0 saturated heterocycles. The van der Waals surface area contributed by atoms with E-state index >= 15 is 0 Å². The van der Waals surface area contributed by atoms with Crippen LogP contribution in [0.3, 0.4) is 0 Å². The van der Waals surface area contributed by atoms with Crippen molar-refractivity contribution < 1.29 is 23.9 Å². The minimum Gasteiger partial charge on any atom is -0.484 e. The number of carbonyl (C=O) groups excluding carboxylic acids is 3. The molecule has 0 fully saturated rings. The zero-order chi connectivity index (χ0) is 21.3. The number of ether oxygens (including phenoxy) is 2. The van der Waals surface area contributed by atoms with Crippen LogP contribution in [0.15, 0.2) is 78.9 Å². The number of anilines is 2. The number of hydrogen-bond donors (Lipinski definition) is 2. The van der Waals surface area contributed by atoms with Gasteiger partial charge >= 0.3 is 5.97 Å². The monoisotopic (exact) mass is 404 g/mol. The maximum atomic E-state index is 12.6. The molecule has 0 bridgehead atoms. The molecule has 0 saturated carbocycles. The molecule has 2 amide bonds. The minimum absolute atomic E-state index is 0.170. The second-order valence-electron chi connectivity index (χ2n) is 6.27. The summed E-state index contributed by atoms with van der Waals surface area (Å²) in [6.45, 7) is 1.11. The van der Waals surface area contributed by atoms with E-state index in [1.54, 1.807) is 54.6 Å². The fourth-order valence-corrected chi connectivity index (χ4v) is 2.61. The zero-order valence-electron chi connectivity index (χ0n) is 16.3. The minimum atomic E-state index is -0.474. The molecule has 0 heterocycles. The number of rotatable bonds is 7. The molecule has 30 heavy (non-hydrogen) atoms. The van der Waals surface area contributed by atoms with Gasteiger partial charge in [0.15, 0.2) is 6.61 Å². The van der Waals surface area contributed by atoms with Crippen molar-refractivity contribution in [1.29, 1.82) is 0 Å². The fraction of sp³-hybridized carbons (Fsp3) is 0.0870. The highest BCUT2D eigenvalue weighted by Crippen LogP contribution is 2.23. The average Bonchev–Trinajstić information content (AvgIpc) is 2.74. The third kappa shape index (κ3) is 5.93. The van der Waals surface area contributed by atoms with Crippen molar-refractivity contribution in [2.24, 2.45) is 0 Å². The molecule has 3 rings (SSSR count). The number of hydrogen-bond acceptors (Lipinski definition) is 5. The highest BCUT2D eigenvalue weighted by Gasteiger charge is 2.12. The lowest BCUT2D eigenvalue weighted by Crippen LogP contribution is -2.21. The van der Waals surface area contributed by atoms with Crippen LogP contribution in [-0.4, -0.2) is 24.4 Å². The predicted molar refractivity (Wildman–Crippen MR) is 113 cm³/mol. The molecular formula is C23H20N2O5. The molecule has 0 radical (unpaired) electrons. The molecule has 3 aromatic carbocycles. The van der Waals surface area contributed by atoms with Crippen LogP contribution in [0.1, 0.15) is 17.3 Å². The van der Waals surface area contributed by atoms with Crippen molar-refractivity contribution in [3.05, 3.63) is 84.4 Å². The Balaban J connectivity index is 1.65. The first-order chi connectivity index (χ1) is 14.5. The van der Waals surface area contributed by atoms with Gasteiger partial charge in [0.1, 0.15) is 11.5 Å². The van der Waals surface area contributed by atoms with Crippen molar-refractivity contribution in [3.63, 3.8) is 0 Å². The molecule has 0 aliphatic rings. The van der Waals surface area contributed by atoms with Gasteiger partial charge in [0.05, 0.1) is 11.4 Å². The van der Waals surface area contributed by atoms with Crippen LogP contribution in [0.2, 0.25) is 0 Å². The lowest BCUT2D eigenvalue weighted by Gasteiger charge is -2.13. The summed E-state index contributed by atoms with van der Waals surface area (Å²) in [5, 5.41) is 5.48. The van der Waals surface area contributed by atoms with Crippen LogP contribution in [0.4, 0.5) is 11.4 Å². The van der Waals surface area contributed by atoms with E-state index in [1.165, 1.54) is 13.0 Å². The summed E-state index contributed by atoms with van der Waals surface area (Å²) in [5.74, 6) is -0.390. The van der Waals surface area contributed by atoms with Gasteiger partial charge in [0.25, 0.3) is 11.8 Å². The van der Waals surface area contributed by atoms with E-state index in [2.05, 4.69) is 10.6 Å². The van der Waals surface area contributed by atoms with Gasteiger partial charge in [0, 0.05) is 12.5 Å². The van der Waals surface area contributed by atoms with Crippen molar-refractivity contribution >= 4 is 29.2 Å². The first-order valence-electron chi connectivity index (χ1n) is 9.18. The Labute approximate surface area is 173 Å². The summed E-state index contributed by atoms with van der Waals surface area (Å²) >= 11 is 0. The Hall–Kier alpha value is -4.13. The molecule has 3 aromatic rings. The molecular weight excluding hydrogens is 384 g/mol. The van der Waals surface area contributed by atoms with E-state index in [-0.39, 0.29) is 18.3 Å². The molecule has 7 heteroatoms. The summed E-state index contributed by atoms with van der Waals surface area (Å²) in [5.41, 5.74) is 1.17. The maximum Gasteiger partial charge on any atom is 0.308 e. The van der Waals surface area contributed by atoms with Crippen LogP contribution in [-0.2, 0) is 9.59 Å². The molecule has 7 nitrogen and oxygen atoms in total. The summed E-state index contributed by atoms with van der Waals surface area (Å²) in [7, 11) is 0. The maximum absolute atomic E-state index is 12.6. The van der Waals surface area contributed by atoms with Crippen LogP contribution >= 0.6 is 0 Å². The van der Waals surface area contributed by atoms with Crippen LogP contribution in [0.25, 0.3) is 0 Å². The first-order valence-corrected chi connectivity index (χ1v) is 9.18. The van der Waals surface area contributed by atoms with Gasteiger partial charge in [-0.3, -0.25) is 14.4 Å². The van der Waals surface area contributed by atoms with Gasteiger partial charge in [-0.2, -0.15) is 0 Å². The number of esters is 1. The summed E-state index contributed by atoms with van der Waals surface area (Å²) in [4.78, 5) is 36.0. The van der Waals surface area contributed by atoms with Gasteiger partial charge in [-0.25, -0.2) is 0 Å². The predicted octanol–water partition coefficient (Wildman–Crippen LogP) is 3.88. The van der Waals surface area contributed by atoms with E-state index in [1.807, 2.05) is 18.2 Å². The van der Waals surface area contributed by atoms with Crippen LogP contribution in [0, 0.1) is 0 Å². The van der Waals surface area contributed by atoms with Crippen molar-refractivity contribution in [2.75, 3.05) is 17.2 Å². The largest absolute Gasteiger partial charge is 0.484 e. The number of benzene rings is 3. The Bertz CT molecular complexity index is 1050. The van der Waals surface area contributed by atoms with E-state index in [9.17, 15) is 14.4 Å². The van der Waals surface area contributed by atoms with Gasteiger partial charge in [-0.05, 0) is 42.5 Å². The Morgan fingerprint density at radius 3 is 2.10 bits per heavy atom. The molecule has 0 aliphatic carbocycles. The summed E-state index contributed by atoms with van der Waals surface area (Å²) in [6.07, 6.45) is 0. The molecule has 0 spiro atoms. The number of para-hydroxylation sites is 3. The topological polar surface area (TPSA) is 93.7 Å². The van der Waals surface area contributed by atoms with Gasteiger partial charge in [-0.15, -0.1) is 0 Å². The first kappa shape index (κ1) is 20.6. The number of nitrogens with one attached hydrogen (secondary N) is 2. The third-order valence-electron chi connectivity index (χ3n) is 3.92. The molecule has 0 unspecified atom stereocenters. The second kappa shape index (κ2) is 9.88. The fourth-order valence-electron chi connectivity index (χ4n) is 2.61. The van der Waals surface area contributed by atoms with Crippen LogP contribution < -0.4 is 20.1 Å². The van der Waals surface area contributed by atoms with E-state index in [0.717, 1.165) is 0 Å². The quantitative estimate of drug-likeness (QED) is 0.460. The smallest absolute Gasteiger partial charge is 0.308 e. The van der Waals surface area contributed by atoms with Gasteiger partial charge in [-0.1, -0.05) is 36.4 Å². The standard InChI is InChI=1S/C23H20N2O5/c1-16(26)30-19-11-7-8-17(14-19)23(28)25-21-13-6-5-12-20(21)24-22(27)15-29-18-9-3-2-4-10-18/h2-14H,15H2,1H3,(H,24,27)(H,25,28). The Kier molecular flexibility index (Phi) is 6.78. The Morgan fingerprint density at radius 1 is 0.767 bits per heavy atom. The second-order valence-corrected chi connectivity index (χ2v) is 6.27.